The Hall–Kier alpha value is -8.73. The quantitative estimate of drug-likeness (QED) is 0.0780. The highest BCUT2D eigenvalue weighted by molar-refractivity contribution is 6.30. The normalized spacial score (nSPS) is 14.1. The number of hydrogen-bond acceptors (Lipinski definition) is 6. The van der Waals surface area contributed by atoms with Gasteiger partial charge in [-0.3, -0.25) is 4.90 Å². The molecule has 1 atom stereocenters. The largest absolute Gasteiger partial charge is 0.494 e. The molecule has 11 heteroatoms. The van der Waals surface area contributed by atoms with E-state index in [-0.39, 0.29) is 12.6 Å². The molecule has 11 rings (SSSR count). The van der Waals surface area contributed by atoms with Crippen molar-refractivity contribution in [2.75, 3.05) is 19.8 Å². The number of nitrogens with one attached hydrogen (secondary N) is 3. The predicted molar refractivity (Wildman–Crippen MR) is 294 cm³/mol. The molecule has 73 heavy (non-hydrogen) atoms. The topological polar surface area (TPSA) is 125 Å². The fourth-order valence-electron chi connectivity index (χ4n) is 9.94. The second-order valence-electron chi connectivity index (χ2n) is 18.0. The Morgan fingerprint density at radius 3 is 1.45 bits per heavy atom. The number of ether oxygens (including phenoxy) is 2. The van der Waals surface area contributed by atoms with Crippen molar-refractivity contribution in [2.45, 2.75) is 32.7 Å². The van der Waals surface area contributed by atoms with E-state index in [9.17, 15) is 9.59 Å². The minimum absolute atomic E-state index is 0.217. The third kappa shape index (κ3) is 9.48. The van der Waals surface area contributed by atoms with Gasteiger partial charge in [0.25, 0.3) is 0 Å². The third-order valence-corrected chi connectivity index (χ3v) is 13.7. The number of fused-ring (bicyclic) bond motifs is 8. The molecule has 0 saturated heterocycles. The van der Waals surface area contributed by atoms with E-state index in [0.717, 1.165) is 101 Å². The molecule has 5 aromatic carbocycles. The molecule has 6 heterocycles. The first-order chi connectivity index (χ1) is 35.8. The van der Waals surface area contributed by atoms with Gasteiger partial charge in [-0.15, -0.1) is 0 Å². The monoisotopic (exact) mass is 978 g/mol. The van der Waals surface area contributed by atoms with Crippen molar-refractivity contribution < 1.29 is 19.1 Å². The molecule has 0 fully saturated rings. The van der Waals surface area contributed by atoms with E-state index in [2.05, 4.69) is 149 Å². The number of benzene rings is 5. The molecule has 3 aromatic heterocycles. The summed E-state index contributed by atoms with van der Waals surface area (Å²) in [5.41, 5.74) is 16.8. The minimum Gasteiger partial charge on any atom is -0.494 e. The molecular weight excluding hydrogens is 928 g/mol. The van der Waals surface area contributed by atoms with Gasteiger partial charge in [0, 0.05) is 61.6 Å². The predicted octanol–water partition coefficient (Wildman–Crippen LogP) is 14.7. The summed E-state index contributed by atoms with van der Waals surface area (Å²) in [4.78, 5) is 46.8. The summed E-state index contributed by atoms with van der Waals surface area (Å²) >= 11 is 6.15. The first-order valence-corrected chi connectivity index (χ1v) is 25.0. The van der Waals surface area contributed by atoms with Crippen LogP contribution in [0.15, 0.2) is 175 Å². The van der Waals surface area contributed by atoms with Crippen molar-refractivity contribution >= 4 is 70.0 Å². The van der Waals surface area contributed by atoms with Gasteiger partial charge in [0.15, 0.2) is 0 Å². The summed E-state index contributed by atoms with van der Waals surface area (Å²) in [6, 6.07) is 54.0. The van der Waals surface area contributed by atoms with Gasteiger partial charge < -0.3 is 24.8 Å². The summed E-state index contributed by atoms with van der Waals surface area (Å²) < 4.78 is 11.7. The van der Waals surface area contributed by atoms with Crippen molar-refractivity contribution in [3.63, 3.8) is 0 Å². The molecule has 1 unspecified atom stereocenters. The third-order valence-electron chi connectivity index (χ3n) is 13.4. The Kier molecular flexibility index (Phi) is 13.1. The highest BCUT2D eigenvalue weighted by Crippen LogP contribution is 2.39. The number of nitrogens with zero attached hydrogens (tertiary/aromatic N) is 3. The van der Waals surface area contributed by atoms with Crippen LogP contribution in [-0.4, -0.2) is 56.6 Å². The summed E-state index contributed by atoms with van der Waals surface area (Å²) in [7, 11) is 0. The fourth-order valence-corrected chi connectivity index (χ4v) is 10.1. The lowest BCUT2D eigenvalue weighted by Crippen LogP contribution is -2.48. The zero-order valence-electron chi connectivity index (χ0n) is 40.4. The highest BCUT2D eigenvalue weighted by Gasteiger charge is 2.36. The second-order valence-corrected chi connectivity index (χ2v) is 18.4. The molecular formula is C62H51ClN6O4. The van der Waals surface area contributed by atoms with Gasteiger partial charge in [0.05, 0.1) is 47.6 Å². The van der Waals surface area contributed by atoms with Gasteiger partial charge in [0.1, 0.15) is 5.75 Å². The van der Waals surface area contributed by atoms with Crippen molar-refractivity contribution in [3.8, 4) is 50.3 Å². The SMILES string of the molecule is CCOC(=O)C1=C(C)N(CCCCOc2ccc(-c3c4nc(c(-c5ccccc5)c5ccc([nH]5)c(-c5ccccc5)c5nc(c(-c6ccccc6)c6ccc3[nH]6)C=C5)C=C4)cc2)C(=O)NC1c1ccc(Cl)cc1. The van der Waals surface area contributed by atoms with E-state index in [1.54, 1.807) is 30.9 Å². The fraction of sp³-hybridized carbons (Fsp3) is 0.129. The lowest BCUT2D eigenvalue weighted by Gasteiger charge is -2.35. The molecule has 3 aliphatic heterocycles. The minimum atomic E-state index is -0.651. The van der Waals surface area contributed by atoms with Gasteiger partial charge >= 0.3 is 12.0 Å². The number of urea groups is 1. The van der Waals surface area contributed by atoms with Gasteiger partial charge in [-0.2, -0.15) is 0 Å². The number of carbonyl (C=O) groups is 2. The average molecular weight is 980 g/mol. The molecule has 3 N–H and O–H groups in total. The van der Waals surface area contributed by atoms with Crippen molar-refractivity contribution in [3.05, 3.63) is 208 Å². The molecule has 10 nitrogen and oxygen atoms in total. The number of halogens is 1. The number of esters is 1. The van der Waals surface area contributed by atoms with E-state index < -0.39 is 12.0 Å². The number of allylic oxidation sites excluding steroid dienone is 1. The van der Waals surface area contributed by atoms with Crippen LogP contribution >= 0.6 is 11.6 Å². The van der Waals surface area contributed by atoms with Crippen LogP contribution in [0.5, 0.6) is 5.75 Å². The summed E-state index contributed by atoms with van der Waals surface area (Å²) in [6.45, 7) is 4.61. The maximum atomic E-state index is 13.5. The summed E-state index contributed by atoms with van der Waals surface area (Å²) in [5.74, 6) is 0.254. The van der Waals surface area contributed by atoms with Crippen molar-refractivity contribution in [1.29, 1.82) is 0 Å². The number of aromatic amines is 2. The Morgan fingerprint density at radius 2 is 1.01 bits per heavy atom. The molecule has 8 aromatic rings. The van der Waals surface area contributed by atoms with Gasteiger partial charge in [-0.05, 0) is 127 Å². The Bertz CT molecular complexity index is 3600. The van der Waals surface area contributed by atoms with Gasteiger partial charge in [-0.1, -0.05) is 127 Å². The summed E-state index contributed by atoms with van der Waals surface area (Å²) in [6.07, 6.45) is 9.74. The summed E-state index contributed by atoms with van der Waals surface area (Å²) in [5, 5.41) is 3.58. The van der Waals surface area contributed by atoms with E-state index in [1.165, 1.54) is 0 Å². The number of unbranched alkanes of at least 4 members (excludes halogenated alkanes) is 1. The molecule has 0 aliphatic carbocycles. The molecule has 8 bridgehead atoms. The Morgan fingerprint density at radius 1 is 0.575 bits per heavy atom. The van der Waals surface area contributed by atoms with E-state index >= 15 is 0 Å². The molecule has 0 saturated carbocycles. The smallest absolute Gasteiger partial charge is 0.338 e. The van der Waals surface area contributed by atoms with Gasteiger partial charge in [0.2, 0.25) is 0 Å². The molecule has 0 spiro atoms. The number of carbonyl (C=O) groups excluding carboxylic acids is 2. The lowest BCUT2D eigenvalue weighted by molar-refractivity contribution is -0.139. The van der Waals surface area contributed by atoms with Crippen LogP contribution in [0.4, 0.5) is 4.79 Å². The van der Waals surface area contributed by atoms with Crippen molar-refractivity contribution in [2.24, 2.45) is 0 Å². The van der Waals surface area contributed by atoms with Crippen LogP contribution < -0.4 is 10.1 Å². The first kappa shape index (κ1) is 46.6. The Balaban J connectivity index is 0.943. The number of H-pyrrole nitrogens is 2. The van der Waals surface area contributed by atoms with Crippen LogP contribution in [-0.2, 0) is 9.53 Å². The molecule has 3 aliphatic rings. The second kappa shape index (κ2) is 20.5. The van der Waals surface area contributed by atoms with Crippen LogP contribution in [0.25, 0.3) is 90.9 Å². The molecule has 2 amide bonds. The Labute approximate surface area is 428 Å². The maximum absolute atomic E-state index is 13.5. The zero-order valence-corrected chi connectivity index (χ0v) is 41.1. The van der Waals surface area contributed by atoms with Gasteiger partial charge in [-0.25, -0.2) is 19.6 Å². The van der Waals surface area contributed by atoms with E-state index in [1.807, 2.05) is 42.5 Å². The molecule has 0 radical (unpaired) electrons. The van der Waals surface area contributed by atoms with Crippen LogP contribution in [0.2, 0.25) is 5.02 Å². The molecule has 360 valence electrons. The maximum Gasteiger partial charge on any atom is 0.338 e. The van der Waals surface area contributed by atoms with Crippen LogP contribution in [0.3, 0.4) is 0 Å². The highest BCUT2D eigenvalue weighted by atomic mass is 35.5. The standard InChI is InChI=1S/C62H51ClN6O4/c1-3-72-61(70)55-39(2)69(62(71)68-60(55)44-21-25-45(63)26-22-44)37-13-14-38-73-46-27-23-43(24-28-46)59-53-35-33-51(66-53)57(41-17-9-5-10-18-41)49-31-29-47(64-49)56(40-15-7-4-8-16-40)48-30-32-50(65-48)58(42-19-11-6-12-20-42)52-34-36-54(59)67-52/h4-12,15-36,60,64,67H,3,13-14,37-38H2,1-2H3,(H,68,71). The number of hydrogen-bond donors (Lipinski definition) is 3. The first-order valence-electron chi connectivity index (χ1n) is 24.6. The van der Waals surface area contributed by atoms with Crippen LogP contribution in [0, 0.1) is 0 Å². The van der Waals surface area contributed by atoms with E-state index in [4.69, 9.17) is 31.0 Å². The zero-order chi connectivity index (χ0) is 49.8. The average Bonchev–Trinajstić information content (AvgIpc) is 4.28. The van der Waals surface area contributed by atoms with Crippen LogP contribution in [0.1, 0.15) is 61.1 Å². The number of aromatic nitrogens is 4. The van der Waals surface area contributed by atoms with Crippen molar-refractivity contribution in [1.82, 2.24) is 30.2 Å². The van der Waals surface area contributed by atoms with E-state index in [0.29, 0.717) is 42.3 Å². The number of amides is 2. The number of rotatable bonds is 13. The lowest BCUT2D eigenvalue weighted by atomic mass is 9.95.